The van der Waals surface area contributed by atoms with Crippen LogP contribution in [0.25, 0.3) is 0 Å². The molecule has 58 valence electrons. The predicted octanol–water partition coefficient (Wildman–Crippen LogP) is 4.09. The SMILES string of the molecule is Brc1ccc(C2CC2)cc1Br. The average molecular weight is 276 g/mol. The molecule has 0 nitrogen and oxygen atoms in total. The number of rotatable bonds is 1. The van der Waals surface area contributed by atoms with Gasteiger partial charge >= 0.3 is 0 Å². The summed E-state index contributed by atoms with van der Waals surface area (Å²) in [5.41, 5.74) is 1.47. The molecule has 11 heavy (non-hydrogen) atoms. The van der Waals surface area contributed by atoms with Crippen LogP contribution in [0, 0.1) is 0 Å². The van der Waals surface area contributed by atoms with E-state index in [1.807, 2.05) is 0 Å². The second-order valence-electron chi connectivity index (χ2n) is 2.95. The second-order valence-corrected chi connectivity index (χ2v) is 4.66. The highest BCUT2D eigenvalue weighted by Crippen LogP contribution is 2.41. The summed E-state index contributed by atoms with van der Waals surface area (Å²) in [7, 11) is 0. The van der Waals surface area contributed by atoms with Crippen LogP contribution >= 0.6 is 31.9 Å². The Bertz CT molecular complexity index is 277. The first-order chi connectivity index (χ1) is 5.27. The van der Waals surface area contributed by atoms with E-state index in [0.29, 0.717) is 0 Å². The summed E-state index contributed by atoms with van der Waals surface area (Å²) in [6.45, 7) is 0. The van der Waals surface area contributed by atoms with Gasteiger partial charge in [-0.05, 0) is 68.3 Å². The van der Waals surface area contributed by atoms with E-state index in [4.69, 9.17) is 0 Å². The van der Waals surface area contributed by atoms with Gasteiger partial charge < -0.3 is 0 Å². The summed E-state index contributed by atoms with van der Waals surface area (Å²) in [5, 5.41) is 0. The zero-order valence-electron chi connectivity index (χ0n) is 5.98. The zero-order valence-corrected chi connectivity index (χ0v) is 9.15. The van der Waals surface area contributed by atoms with Crippen molar-refractivity contribution < 1.29 is 0 Å². The van der Waals surface area contributed by atoms with E-state index >= 15 is 0 Å². The van der Waals surface area contributed by atoms with Crippen LogP contribution in [0.2, 0.25) is 0 Å². The maximum Gasteiger partial charge on any atom is 0.0320 e. The summed E-state index contributed by atoms with van der Waals surface area (Å²) in [6.07, 6.45) is 2.74. The zero-order chi connectivity index (χ0) is 7.84. The molecule has 2 rings (SSSR count). The average Bonchev–Trinajstić information content (AvgIpc) is 2.77. The first kappa shape index (κ1) is 7.81. The Labute approximate surface area is 83.3 Å². The summed E-state index contributed by atoms with van der Waals surface area (Å²) in [5.74, 6) is 0.847. The number of hydrogen-bond donors (Lipinski definition) is 0. The van der Waals surface area contributed by atoms with Crippen LogP contribution in [-0.4, -0.2) is 0 Å². The molecule has 0 atom stereocenters. The maximum absolute atomic E-state index is 3.50. The molecule has 1 saturated carbocycles. The molecule has 0 radical (unpaired) electrons. The third-order valence-electron chi connectivity index (χ3n) is 1.99. The monoisotopic (exact) mass is 274 g/mol. The van der Waals surface area contributed by atoms with E-state index in [9.17, 15) is 0 Å². The number of halogens is 2. The van der Waals surface area contributed by atoms with Gasteiger partial charge in [0.2, 0.25) is 0 Å². The van der Waals surface area contributed by atoms with Crippen LogP contribution in [0.1, 0.15) is 24.3 Å². The third kappa shape index (κ3) is 1.67. The highest BCUT2D eigenvalue weighted by molar-refractivity contribution is 9.13. The molecular weight excluding hydrogens is 268 g/mol. The van der Waals surface area contributed by atoms with Crippen molar-refractivity contribution in [2.45, 2.75) is 18.8 Å². The van der Waals surface area contributed by atoms with Gasteiger partial charge in [0.15, 0.2) is 0 Å². The van der Waals surface area contributed by atoms with Gasteiger partial charge in [0.05, 0.1) is 0 Å². The molecule has 0 amide bonds. The van der Waals surface area contributed by atoms with E-state index in [2.05, 4.69) is 50.1 Å². The minimum atomic E-state index is 0.847. The summed E-state index contributed by atoms with van der Waals surface area (Å²) >= 11 is 6.95. The van der Waals surface area contributed by atoms with Crippen LogP contribution in [0.15, 0.2) is 27.1 Å². The fourth-order valence-electron chi connectivity index (χ4n) is 1.18. The second kappa shape index (κ2) is 2.91. The van der Waals surface area contributed by atoms with Crippen LogP contribution < -0.4 is 0 Å². The lowest BCUT2D eigenvalue weighted by atomic mass is 10.1. The van der Waals surface area contributed by atoms with Crippen LogP contribution in [0.3, 0.4) is 0 Å². The Balaban J connectivity index is 2.36. The largest absolute Gasteiger partial charge is 0.0576 e. The smallest absolute Gasteiger partial charge is 0.0320 e. The lowest BCUT2D eigenvalue weighted by Gasteiger charge is -1.99. The van der Waals surface area contributed by atoms with E-state index < -0.39 is 0 Å². The predicted molar refractivity (Wildman–Crippen MR) is 53.8 cm³/mol. The van der Waals surface area contributed by atoms with Crippen molar-refractivity contribution >= 4 is 31.9 Å². The van der Waals surface area contributed by atoms with Crippen molar-refractivity contribution in [2.75, 3.05) is 0 Å². The first-order valence-electron chi connectivity index (χ1n) is 3.72. The molecule has 1 aromatic rings. The van der Waals surface area contributed by atoms with E-state index in [1.165, 1.54) is 22.9 Å². The molecule has 2 heteroatoms. The van der Waals surface area contributed by atoms with Gasteiger partial charge in [-0.2, -0.15) is 0 Å². The van der Waals surface area contributed by atoms with Gasteiger partial charge in [-0.1, -0.05) is 6.07 Å². The van der Waals surface area contributed by atoms with Crippen LogP contribution in [0.4, 0.5) is 0 Å². The minimum absolute atomic E-state index is 0.847. The lowest BCUT2D eigenvalue weighted by molar-refractivity contribution is 1.12. The third-order valence-corrected chi connectivity index (χ3v) is 3.87. The number of hydrogen-bond acceptors (Lipinski definition) is 0. The molecule has 0 aliphatic heterocycles. The standard InChI is InChI=1S/C9H8Br2/c10-8-4-3-7(5-9(8)11)6-1-2-6/h3-6H,1-2H2. The fraction of sp³-hybridized carbons (Fsp3) is 0.333. The van der Waals surface area contributed by atoms with Crippen molar-refractivity contribution in [3.63, 3.8) is 0 Å². The van der Waals surface area contributed by atoms with Gasteiger partial charge in [0, 0.05) is 8.95 Å². The molecule has 0 unspecified atom stereocenters. The van der Waals surface area contributed by atoms with Crippen molar-refractivity contribution in [3.05, 3.63) is 32.7 Å². The summed E-state index contributed by atoms with van der Waals surface area (Å²) in [4.78, 5) is 0. The van der Waals surface area contributed by atoms with Crippen molar-refractivity contribution in [2.24, 2.45) is 0 Å². The normalized spacial score (nSPS) is 16.9. The minimum Gasteiger partial charge on any atom is -0.0576 e. The Morgan fingerprint density at radius 2 is 1.82 bits per heavy atom. The fourth-order valence-corrected chi connectivity index (χ4v) is 1.83. The molecule has 1 aliphatic carbocycles. The Morgan fingerprint density at radius 3 is 2.36 bits per heavy atom. The quantitative estimate of drug-likeness (QED) is 0.724. The molecule has 1 aromatic carbocycles. The highest BCUT2D eigenvalue weighted by atomic mass is 79.9. The molecule has 0 bridgehead atoms. The van der Waals surface area contributed by atoms with Gasteiger partial charge in [-0.3, -0.25) is 0 Å². The highest BCUT2D eigenvalue weighted by Gasteiger charge is 2.23. The number of benzene rings is 1. The molecule has 0 heterocycles. The molecule has 0 N–H and O–H groups in total. The van der Waals surface area contributed by atoms with E-state index in [-0.39, 0.29) is 0 Å². The summed E-state index contributed by atoms with van der Waals surface area (Å²) in [6, 6.07) is 6.52. The molecule has 0 aromatic heterocycles. The Morgan fingerprint density at radius 1 is 1.09 bits per heavy atom. The molecular formula is C9H8Br2. The van der Waals surface area contributed by atoms with Crippen molar-refractivity contribution in [3.8, 4) is 0 Å². The molecule has 0 spiro atoms. The molecule has 1 fully saturated rings. The van der Waals surface area contributed by atoms with E-state index in [1.54, 1.807) is 0 Å². The van der Waals surface area contributed by atoms with Gasteiger partial charge in [0.1, 0.15) is 0 Å². The van der Waals surface area contributed by atoms with Crippen LogP contribution in [-0.2, 0) is 0 Å². The Kier molecular flexibility index (Phi) is 2.06. The topological polar surface area (TPSA) is 0 Å². The Hall–Kier alpha value is 0.180. The van der Waals surface area contributed by atoms with Crippen molar-refractivity contribution in [1.82, 2.24) is 0 Å². The van der Waals surface area contributed by atoms with Crippen LogP contribution in [0.5, 0.6) is 0 Å². The molecule has 1 aliphatic rings. The van der Waals surface area contributed by atoms with Gasteiger partial charge in [-0.15, -0.1) is 0 Å². The first-order valence-corrected chi connectivity index (χ1v) is 5.31. The maximum atomic E-state index is 3.50. The van der Waals surface area contributed by atoms with Gasteiger partial charge in [-0.25, -0.2) is 0 Å². The van der Waals surface area contributed by atoms with E-state index in [0.717, 1.165) is 10.4 Å². The van der Waals surface area contributed by atoms with Crippen molar-refractivity contribution in [1.29, 1.82) is 0 Å². The van der Waals surface area contributed by atoms with Gasteiger partial charge in [0.25, 0.3) is 0 Å². The lowest BCUT2D eigenvalue weighted by Crippen LogP contribution is -1.78. The molecule has 0 saturated heterocycles. The summed E-state index contributed by atoms with van der Waals surface area (Å²) < 4.78 is 2.31.